The van der Waals surface area contributed by atoms with Crippen LogP contribution in [0.2, 0.25) is 0 Å². The first-order chi connectivity index (χ1) is 13.7. The van der Waals surface area contributed by atoms with Crippen LogP contribution in [-0.4, -0.2) is 28.2 Å². The number of ether oxygens (including phenoxy) is 1. The van der Waals surface area contributed by atoms with Gasteiger partial charge >= 0.3 is 5.97 Å². The van der Waals surface area contributed by atoms with Crippen LogP contribution in [0, 0.1) is 12.3 Å². The van der Waals surface area contributed by atoms with Crippen molar-refractivity contribution < 1.29 is 24.0 Å². The number of nitrogens with zero attached hydrogens (tertiary/aromatic N) is 1. The van der Waals surface area contributed by atoms with Gasteiger partial charge in [-0.1, -0.05) is 56.3 Å². The normalized spacial score (nSPS) is 12.6. The zero-order chi connectivity index (χ0) is 21.2. The predicted molar refractivity (Wildman–Crippen MR) is 108 cm³/mol. The van der Waals surface area contributed by atoms with Crippen LogP contribution in [0.25, 0.3) is 10.8 Å². The quantitative estimate of drug-likeness (QED) is 0.654. The van der Waals surface area contributed by atoms with Gasteiger partial charge in [-0.2, -0.15) is 0 Å². The summed E-state index contributed by atoms with van der Waals surface area (Å²) in [4.78, 5) is 24.7. The number of carboxylic acid groups (broad SMARTS) is 1. The Morgan fingerprint density at radius 2 is 1.93 bits per heavy atom. The molecule has 0 aliphatic rings. The van der Waals surface area contributed by atoms with Crippen molar-refractivity contribution in [2.45, 2.75) is 40.3 Å². The molecule has 3 aromatic rings. The average Bonchev–Trinajstić information content (AvgIpc) is 3.07. The summed E-state index contributed by atoms with van der Waals surface area (Å²) in [6.07, 6.45) is 0. The number of aliphatic carboxylic acids is 1. The summed E-state index contributed by atoms with van der Waals surface area (Å²) in [7, 11) is 0. The first kappa shape index (κ1) is 20.4. The molecule has 1 aromatic heterocycles. The van der Waals surface area contributed by atoms with Crippen molar-refractivity contribution in [1.29, 1.82) is 0 Å². The molecule has 0 bridgehead atoms. The van der Waals surface area contributed by atoms with Crippen molar-refractivity contribution >= 4 is 22.6 Å². The van der Waals surface area contributed by atoms with E-state index in [2.05, 4.69) is 10.5 Å². The predicted octanol–water partition coefficient (Wildman–Crippen LogP) is 3.94. The van der Waals surface area contributed by atoms with Gasteiger partial charge in [0.2, 0.25) is 0 Å². The Morgan fingerprint density at radius 1 is 1.21 bits per heavy atom. The lowest BCUT2D eigenvalue weighted by Gasteiger charge is -2.28. The highest BCUT2D eigenvalue weighted by Crippen LogP contribution is 2.31. The zero-order valence-corrected chi connectivity index (χ0v) is 16.9. The molecule has 0 spiro atoms. The van der Waals surface area contributed by atoms with Crippen LogP contribution in [0.1, 0.15) is 42.6 Å². The lowest BCUT2D eigenvalue weighted by atomic mass is 9.86. The molecule has 7 heteroatoms. The van der Waals surface area contributed by atoms with Gasteiger partial charge in [0.05, 0.1) is 5.56 Å². The number of carboxylic acids is 1. The van der Waals surface area contributed by atoms with Crippen LogP contribution >= 0.6 is 0 Å². The third-order valence-corrected chi connectivity index (χ3v) is 4.55. The maximum absolute atomic E-state index is 13.0. The molecule has 2 aromatic carbocycles. The average molecular weight is 396 g/mol. The van der Waals surface area contributed by atoms with Gasteiger partial charge in [0.1, 0.15) is 29.9 Å². The highest BCUT2D eigenvalue weighted by molar-refractivity contribution is 6.04. The summed E-state index contributed by atoms with van der Waals surface area (Å²) in [6, 6.07) is 11.7. The molecule has 0 saturated carbocycles. The van der Waals surface area contributed by atoms with Crippen LogP contribution in [-0.2, 0) is 11.4 Å². The van der Waals surface area contributed by atoms with Crippen LogP contribution in [0.5, 0.6) is 5.75 Å². The van der Waals surface area contributed by atoms with Crippen molar-refractivity contribution in [2.24, 2.45) is 5.41 Å². The van der Waals surface area contributed by atoms with E-state index in [9.17, 15) is 14.7 Å². The smallest absolute Gasteiger partial charge is 0.326 e. The zero-order valence-electron chi connectivity index (χ0n) is 16.9. The summed E-state index contributed by atoms with van der Waals surface area (Å²) in [5.41, 5.74) is 0.205. The molecule has 0 aliphatic carbocycles. The first-order valence-electron chi connectivity index (χ1n) is 9.27. The van der Waals surface area contributed by atoms with Crippen LogP contribution in [0.3, 0.4) is 0 Å². The van der Waals surface area contributed by atoms with Crippen molar-refractivity contribution in [1.82, 2.24) is 10.5 Å². The highest BCUT2D eigenvalue weighted by atomic mass is 16.5. The number of nitrogens with one attached hydrogen (secondary N) is 1. The molecule has 0 radical (unpaired) electrons. The third kappa shape index (κ3) is 4.56. The Kier molecular flexibility index (Phi) is 5.59. The SMILES string of the molecule is Cc1cc(COc2c(C(=O)NC(C(=O)O)C(C)(C)C)ccc3ccccc23)no1. The fraction of sp³-hybridized carbons (Fsp3) is 0.318. The van der Waals surface area contributed by atoms with Gasteiger partial charge in [-0.05, 0) is 23.8 Å². The number of fused-ring (bicyclic) bond motifs is 1. The van der Waals surface area contributed by atoms with Gasteiger partial charge in [0, 0.05) is 11.5 Å². The standard InChI is InChI=1S/C22H24N2O5/c1-13-11-15(24-29-13)12-28-18-16-8-6-5-7-14(16)9-10-17(18)20(25)23-19(21(26)27)22(2,3)4/h5-11,19H,12H2,1-4H3,(H,23,25)(H,26,27). The van der Waals surface area contributed by atoms with Crippen LogP contribution in [0.15, 0.2) is 47.0 Å². The van der Waals surface area contributed by atoms with Gasteiger partial charge in [-0.3, -0.25) is 4.79 Å². The van der Waals surface area contributed by atoms with E-state index in [4.69, 9.17) is 9.26 Å². The van der Waals surface area contributed by atoms with Crippen molar-refractivity contribution in [2.75, 3.05) is 0 Å². The number of rotatable bonds is 6. The van der Waals surface area contributed by atoms with E-state index in [0.29, 0.717) is 17.2 Å². The molecule has 1 heterocycles. The van der Waals surface area contributed by atoms with Crippen molar-refractivity contribution in [3.63, 3.8) is 0 Å². The Labute approximate surface area is 168 Å². The number of aryl methyl sites for hydroxylation is 1. The summed E-state index contributed by atoms with van der Waals surface area (Å²) < 4.78 is 11.0. The fourth-order valence-corrected chi connectivity index (χ4v) is 3.07. The molecular formula is C22H24N2O5. The topological polar surface area (TPSA) is 102 Å². The lowest BCUT2D eigenvalue weighted by Crippen LogP contribution is -2.49. The summed E-state index contributed by atoms with van der Waals surface area (Å²) in [6.45, 7) is 7.18. The molecule has 2 N–H and O–H groups in total. The molecule has 0 aliphatic heterocycles. The van der Waals surface area contributed by atoms with Crippen LogP contribution in [0.4, 0.5) is 0 Å². The Hall–Kier alpha value is -3.35. The third-order valence-electron chi connectivity index (χ3n) is 4.55. The molecule has 0 saturated heterocycles. The molecule has 152 valence electrons. The monoisotopic (exact) mass is 396 g/mol. The fourth-order valence-electron chi connectivity index (χ4n) is 3.07. The molecule has 3 rings (SSSR count). The molecular weight excluding hydrogens is 372 g/mol. The molecule has 0 fully saturated rings. The number of aromatic nitrogens is 1. The molecule has 1 amide bonds. The van der Waals surface area contributed by atoms with E-state index < -0.39 is 23.3 Å². The summed E-state index contributed by atoms with van der Waals surface area (Å²) in [5, 5.41) is 17.7. The van der Waals surface area contributed by atoms with Crippen molar-refractivity contribution in [3.8, 4) is 5.75 Å². The Morgan fingerprint density at radius 3 is 2.55 bits per heavy atom. The number of carbonyl (C=O) groups is 2. The van der Waals surface area contributed by atoms with E-state index in [0.717, 1.165) is 10.8 Å². The number of hydrogen-bond acceptors (Lipinski definition) is 5. The molecule has 1 unspecified atom stereocenters. The number of amides is 1. The van der Waals surface area contributed by atoms with Gasteiger partial charge in [-0.15, -0.1) is 0 Å². The Bertz CT molecular complexity index is 1050. The second kappa shape index (κ2) is 7.95. The van der Waals surface area contributed by atoms with Gasteiger partial charge in [0.25, 0.3) is 5.91 Å². The molecule has 7 nitrogen and oxygen atoms in total. The molecule has 1 atom stereocenters. The van der Waals surface area contributed by atoms with E-state index >= 15 is 0 Å². The highest BCUT2D eigenvalue weighted by Gasteiger charge is 2.33. The second-order valence-electron chi connectivity index (χ2n) is 7.99. The number of carbonyl (C=O) groups excluding carboxylic acids is 1. The van der Waals surface area contributed by atoms with E-state index in [1.807, 2.05) is 30.3 Å². The Balaban J connectivity index is 1.97. The van der Waals surface area contributed by atoms with Gasteiger partial charge in [0.15, 0.2) is 0 Å². The van der Waals surface area contributed by atoms with E-state index in [1.54, 1.807) is 39.8 Å². The van der Waals surface area contributed by atoms with Gasteiger partial charge < -0.3 is 19.7 Å². The minimum atomic E-state index is -1.09. The summed E-state index contributed by atoms with van der Waals surface area (Å²) in [5.74, 6) is -0.565. The maximum Gasteiger partial charge on any atom is 0.326 e. The number of benzene rings is 2. The van der Waals surface area contributed by atoms with Gasteiger partial charge in [-0.25, -0.2) is 4.79 Å². The lowest BCUT2D eigenvalue weighted by molar-refractivity contribution is -0.142. The molecule has 29 heavy (non-hydrogen) atoms. The van der Waals surface area contributed by atoms with Crippen LogP contribution < -0.4 is 10.1 Å². The second-order valence-corrected chi connectivity index (χ2v) is 7.99. The largest absolute Gasteiger partial charge is 0.486 e. The number of hydrogen-bond donors (Lipinski definition) is 2. The maximum atomic E-state index is 13.0. The van der Waals surface area contributed by atoms with Crippen molar-refractivity contribution in [3.05, 3.63) is 59.5 Å². The summed E-state index contributed by atoms with van der Waals surface area (Å²) >= 11 is 0. The minimum absolute atomic E-state index is 0.118. The van der Waals surface area contributed by atoms with E-state index in [1.165, 1.54) is 0 Å². The van der Waals surface area contributed by atoms with E-state index in [-0.39, 0.29) is 12.2 Å². The minimum Gasteiger partial charge on any atom is -0.486 e. The first-order valence-corrected chi connectivity index (χ1v) is 9.27.